The summed E-state index contributed by atoms with van der Waals surface area (Å²) in [6.07, 6.45) is 8.81. The Kier molecular flexibility index (Phi) is 9.99. The molecule has 0 atom stereocenters. The van der Waals surface area contributed by atoms with E-state index in [2.05, 4.69) is 33.5 Å². The molecule has 0 saturated carbocycles. The van der Waals surface area contributed by atoms with E-state index < -0.39 is 0 Å². The van der Waals surface area contributed by atoms with Crippen LogP contribution in [-0.4, -0.2) is 46.6 Å². The maximum absolute atomic E-state index is 12.7. The second-order valence-corrected chi connectivity index (χ2v) is 10.9. The molecular weight excluding hydrogens is 548 g/mol. The normalized spacial score (nSPS) is 12.4. The largest absolute Gasteiger partial charge is 0.493 e. The molecule has 2 N–H and O–H groups in total. The highest BCUT2D eigenvalue weighted by atomic mass is 32.2. The predicted octanol–water partition coefficient (Wildman–Crippen LogP) is 4.35. The number of carbonyl (C=O) groups is 2. The number of amides is 2. The lowest BCUT2D eigenvalue weighted by Crippen LogP contribution is -2.23. The fourth-order valence-electron chi connectivity index (χ4n) is 4.29. The van der Waals surface area contributed by atoms with E-state index in [9.17, 15) is 14.9 Å². The van der Waals surface area contributed by atoms with Crippen LogP contribution in [0.3, 0.4) is 0 Å². The SMILES string of the molecule is C=CCn1c(CNC(=O)/C=C/c2ccc(OC)c(OC)c2)nnc1SCC(=O)Nc1sc2c(c1C#N)CCCC2. The van der Waals surface area contributed by atoms with Crippen molar-refractivity contribution in [1.29, 1.82) is 5.26 Å². The van der Waals surface area contributed by atoms with Crippen LogP contribution in [0.1, 0.15) is 40.2 Å². The zero-order valence-electron chi connectivity index (χ0n) is 22.4. The smallest absolute Gasteiger partial charge is 0.244 e. The Morgan fingerprint density at radius 1 is 1.23 bits per heavy atom. The van der Waals surface area contributed by atoms with E-state index in [1.807, 2.05) is 6.07 Å². The van der Waals surface area contributed by atoms with Crippen molar-refractivity contribution in [2.45, 2.75) is 43.9 Å². The van der Waals surface area contributed by atoms with Gasteiger partial charge < -0.3 is 24.7 Å². The summed E-state index contributed by atoms with van der Waals surface area (Å²) in [5, 5.41) is 24.9. The zero-order valence-corrected chi connectivity index (χ0v) is 24.0. The van der Waals surface area contributed by atoms with Gasteiger partial charge in [-0.05, 0) is 55.0 Å². The molecule has 0 radical (unpaired) electrons. The van der Waals surface area contributed by atoms with E-state index in [0.717, 1.165) is 36.8 Å². The molecule has 4 rings (SSSR count). The topological polar surface area (TPSA) is 131 Å². The molecule has 3 aromatic rings. The maximum Gasteiger partial charge on any atom is 0.244 e. The average Bonchev–Trinajstić information content (AvgIpc) is 3.53. The molecule has 40 heavy (non-hydrogen) atoms. The summed E-state index contributed by atoms with van der Waals surface area (Å²) in [7, 11) is 3.11. The minimum atomic E-state index is -0.302. The fourth-order valence-corrected chi connectivity index (χ4v) is 6.31. The molecule has 2 aromatic heterocycles. The number of allylic oxidation sites excluding steroid dienone is 1. The first-order chi connectivity index (χ1) is 19.5. The third-order valence-corrected chi connectivity index (χ3v) is 8.40. The maximum atomic E-state index is 12.7. The minimum absolute atomic E-state index is 0.100. The molecule has 2 heterocycles. The second kappa shape index (κ2) is 13.8. The first kappa shape index (κ1) is 28.9. The number of aromatic nitrogens is 3. The summed E-state index contributed by atoms with van der Waals surface area (Å²) in [5.74, 6) is 1.29. The second-order valence-electron chi connectivity index (χ2n) is 8.83. The Morgan fingerprint density at radius 3 is 2.77 bits per heavy atom. The van der Waals surface area contributed by atoms with Gasteiger partial charge in [-0.25, -0.2) is 0 Å². The van der Waals surface area contributed by atoms with Gasteiger partial charge in [-0.3, -0.25) is 9.59 Å². The van der Waals surface area contributed by atoms with E-state index in [4.69, 9.17) is 9.47 Å². The molecule has 10 nitrogen and oxygen atoms in total. The third kappa shape index (κ3) is 6.91. The van der Waals surface area contributed by atoms with Gasteiger partial charge in [-0.15, -0.1) is 28.1 Å². The van der Waals surface area contributed by atoms with E-state index in [1.165, 1.54) is 34.1 Å². The van der Waals surface area contributed by atoms with Crippen molar-refractivity contribution in [2.75, 3.05) is 25.3 Å². The molecule has 1 aliphatic carbocycles. The highest BCUT2D eigenvalue weighted by molar-refractivity contribution is 7.99. The van der Waals surface area contributed by atoms with Gasteiger partial charge in [-0.1, -0.05) is 23.9 Å². The number of nitriles is 1. The Balaban J connectivity index is 1.34. The number of methoxy groups -OCH3 is 2. The first-order valence-corrected chi connectivity index (χ1v) is 14.5. The number of ether oxygens (including phenoxy) is 2. The van der Waals surface area contributed by atoms with Crippen molar-refractivity contribution < 1.29 is 19.1 Å². The Hall–Kier alpha value is -4.08. The van der Waals surface area contributed by atoms with Gasteiger partial charge in [0.05, 0.1) is 32.1 Å². The zero-order chi connectivity index (χ0) is 28.5. The lowest BCUT2D eigenvalue weighted by atomic mass is 9.96. The van der Waals surface area contributed by atoms with Crippen molar-refractivity contribution >= 4 is 46.0 Å². The van der Waals surface area contributed by atoms with E-state index >= 15 is 0 Å². The molecular formula is C28H30N6O4S2. The highest BCUT2D eigenvalue weighted by Gasteiger charge is 2.22. The number of nitrogens with one attached hydrogen (secondary N) is 2. The van der Waals surface area contributed by atoms with Crippen LogP contribution in [0.15, 0.2) is 42.1 Å². The molecule has 0 saturated heterocycles. The summed E-state index contributed by atoms with van der Waals surface area (Å²) in [5.41, 5.74) is 2.45. The molecule has 0 fully saturated rings. The Labute approximate surface area is 241 Å². The van der Waals surface area contributed by atoms with Crippen LogP contribution in [0.5, 0.6) is 11.5 Å². The minimum Gasteiger partial charge on any atom is -0.493 e. The monoisotopic (exact) mass is 578 g/mol. The van der Waals surface area contributed by atoms with Crippen molar-refractivity contribution in [3.05, 3.63) is 64.3 Å². The molecule has 0 unspecified atom stereocenters. The van der Waals surface area contributed by atoms with E-state index in [1.54, 1.807) is 43.1 Å². The first-order valence-electron chi connectivity index (χ1n) is 12.7. The van der Waals surface area contributed by atoms with Crippen molar-refractivity contribution in [2.24, 2.45) is 0 Å². The van der Waals surface area contributed by atoms with Crippen LogP contribution in [0.2, 0.25) is 0 Å². The standard InChI is InChI=1S/C28H30N6O4S2/c1-4-13-34-24(16-30-25(35)12-10-18-9-11-21(37-2)22(14-18)38-3)32-33-28(34)39-17-26(36)31-27-20(15-29)19-7-5-6-8-23(19)40-27/h4,9-12,14H,1,5-8,13,16-17H2,2-3H3,(H,30,35)(H,31,36)/b12-10+. The third-order valence-electron chi connectivity index (χ3n) is 6.23. The van der Waals surface area contributed by atoms with Crippen LogP contribution in [0.25, 0.3) is 6.08 Å². The number of hydrogen-bond donors (Lipinski definition) is 2. The summed E-state index contributed by atoms with van der Waals surface area (Å²) in [4.78, 5) is 26.4. The van der Waals surface area contributed by atoms with Gasteiger partial charge in [0.15, 0.2) is 22.5 Å². The number of aryl methyl sites for hydroxylation is 1. The average molecular weight is 579 g/mol. The lowest BCUT2D eigenvalue weighted by Gasteiger charge is -2.09. The lowest BCUT2D eigenvalue weighted by molar-refractivity contribution is -0.116. The van der Waals surface area contributed by atoms with Crippen molar-refractivity contribution in [1.82, 2.24) is 20.1 Å². The molecule has 208 valence electrons. The fraction of sp³-hybridized carbons (Fsp3) is 0.321. The molecule has 2 amide bonds. The molecule has 1 aromatic carbocycles. The van der Waals surface area contributed by atoms with E-state index in [-0.39, 0.29) is 24.1 Å². The van der Waals surface area contributed by atoms with Crippen LogP contribution in [-0.2, 0) is 35.5 Å². The highest BCUT2D eigenvalue weighted by Crippen LogP contribution is 2.37. The van der Waals surface area contributed by atoms with Gasteiger partial charge in [0, 0.05) is 17.5 Å². The van der Waals surface area contributed by atoms with Gasteiger partial charge in [0.2, 0.25) is 11.8 Å². The van der Waals surface area contributed by atoms with Crippen LogP contribution < -0.4 is 20.1 Å². The quantitative estimate of drug-likeness (QED) is 0.184. The summed E-state index contributed by atoms with van der Waals surface area (Å²) < 4.78 is 12.3. The number of anilines is 1. The Bertz CT molecular complexity index is 1470. The predicted molar refractivity (Wildman–Crippen MR) is 156 cm³/mol. The Morgan fingerprint density at radius 2 is 2.02 bits per heavy atom. The van der Waals surface area contributed by atoms with Crippen LogP contribution in [0, 0.1) is 11.3 Å². The number of rotatable bonds is 12. The summed E-state index contributed by atoms with van der Waals surface area (Å²) in [6, 6.07) is 7.63. The van der Waals surface area contributed by atoms with Crippen molar-refractivity contribution in [3.63, 3.8) is 0 Å². The number of thioether (sulfide) groups is 1. The van der Waals surface area contributed by atoms with Gasteiger partial charge in [-0.2, -0.15) is 5.26 Å². The molecule has 0 aliphatic heterocycles. The molecule has 0 bridgehead atoms. The van der Waals surface area contributed by atoms with Crippen LogP contribution >= 0.6 is 23.1 Å². The molecule has 0 spiro atoms. The van der Waals surface area contributed by atoms with Gasteiger partial charge >= 0.3 is 0 Å². The number of hydrogen-bond acceptors (Lipinski definition) is 9. The summed E-state index contributed by atoms with van der Waals surface area (Å²) in [6.45, 7) is 4.36. The van der Waals surface area contributed by atoms with Gasteiger partial charge in [0.25, 0.3) is 0 Å². The summed E-state index contributed by atoms with van der Waals surface area (Å²) >= 11 is 2.73. The van der Waals surface area contributed by atoms with Crippen molar-refractivity contribution in [3.8, 4) is 17.6 Å². The number of carbonyl (C=O) groups excluding carboxylic acids is 2. The number of thiophene rings is 1. The van der Waals surface area contributed by atoms with Gasteiger partial charge in [0.1, 0.15) is 11.1 Å². The number of benzene rings is 1. The van der Waals surface area contributed by atoms with E-state index in [0.29, 0.717) is 39.6 Å². The number of nitrogens with zero attached hydrogens (tertiary/aromatic N) is 4. The molecule has 12 heteroatoms. The molecule has 1 aliphatic rings. The van der Waals surface area contributed by atoms with Crippen LogP contribution in [0.4, 0.5) is 5.00 Å². The number of fused-ring (bicyclic) bond motifs is 1.